The lowest BCUT2D eigenvalue weighted by Crippen LogP contribution is -2.30. The fourth-order valence-corrected chi connectivity index (χ4v) is 2.43. The summed E-state index contributed by atoms with van der Waals surface area (Å²) in [5, 5.41) is 26.4. The number of nitrogens with zero attached hydrogens (tertiary/aromatic N) is 4. The van der Waals surface area contributed by atoms with Crippen molar-refractivity contribution in [3.05, 3.63) is 42.1 Å². The first kappa shape index (κ1) is 13.3. The molecule has 0 bridgehead atoms. The summed E-state index contributed by atoms with van der Waals surface area (Å²) in [6, 6.07) is 7.21. The molecular formula is C15H17N5O2. The quantitative estimate of drug-likeness (QED) is 0.748. The van der Waals surface area contributed by atoms with E-state index in [0.29, 0.717) is 24.0 Å². The van der Waals surface area contributed by atoms with Crippen molar-refractivity contribution in [2.75, 3.05) is 11.9 Å². The van der Waals surface area contributed by atoms with Crippen LogP contribution in [0, 0.1) is 0 Å². The molecule has 1 aliphatic rings. The zero-order chi connectivity index (χ0) is 15.2. The fourth-order valence-electron chi connectivity index (χ4n) is 2.43. The van der Waals surface area contributed by atoms with E-state index in [1.54, 1.807) is 29.8 Å². The van der Waals surface area contributed by atoms with Gasteiger partial charge in [0, 0.05) is 5.92 Å². The zero-order valence-corrected chi connectivity index (χ0v) is 12.2. The Balaban J connectivity index is 1.55. The van der Waals surface area contributed by atoms with Gasteiger partial charge in [-0.2, -0.15) is 4.52 Å². The largest absolute Gasteiger partial charge is 0.466 e. The van der Waals surface area contributed by atoms with E-state index in [0.717, 1.165) is 24.3 Å². The van der Waals surface area contributed by atoms with Crippen LogP contribution in [0.1, 0.15) is 37.3 Å². The predicted molar refractivity (Wildman–Crippen MR) is 79.5 cm³/mol. The van der Waals surface area contributed by atoms with Gasteiger partial charge in [0.2, 0.25) is 0 Å². The van der Waals surface area contributed by atoms with Gasteiger partial charge in [-0.1, -0.05) is 0 Å². The highest BCUT2D eigenvalue weighted by Gasteiger charge is 2.29. The average Bonchev–Trinajstić information content (AvgIpc) is 3.05. The van der Waals surface area contributed by atoms with Gasteiger partial charge in [-0.3, -0.25) is 0 Å². The topological polar surface area (TPSA) is 88.5 Å². The van der Waals surface area contributed by atoms with Crippen LogP contribution in [-0.4, -0.2) is 31.5 Å². The van der Waals surface area contributed by atoms with E-state index in [-0.39, 0.29) is 0 Å². The molecule has 3 aromatic rings. The summed E-state index contributed by atoms with van der Waals surface area (Å²) in [7, 11) is 0. The van der Waals surface area contributed by atoms with Crippen LogP contribution in [0.3, 0.4) is 0 Å². The van der Waals surface area contributed by atoms with Crippen LogP contribution in [-0.2, 0) is 5.60 Å². The van der Waals surface area contributed by atoms with Crippen molar-refractivity contribution in [3.63, 3.8) is 0 Å². The van der Waals surface area contributed by atoms with Crippen molar-refractivity contribution in [1.82, 2.24) is 19.8 Å². The number of aromatic nitrogens is 4. The number of anilines is 1. The molecule has 22 heavy (non-hydrogen) atoms. The summed E-state index contributed by atoms with van der Waals surface area (Å²) in [5.74, 6) is 2.57. The zero-order valence-electron chi connectivity index (χ0n) is 12.2. The molecule has 0 aliphatic heterocycles. The summed E-state index contributed by atoms with van der Waals surface area (Å²) in [6.07, 6.45) is 3.84. The van der Waals surface area contributed by atoms with Crippen molar-refractivity contribution >= 4 is 11.5 Å². The highest BCUT2D eigenvalue weighted by atomic mass is 16.4. The molecule has 7 heteroatoms. The smallest absolute Gasteiger partial charge is 0.178 e. The number of aliphatic hydroxyl groups is 1. The molecule has 0 saturated heterocycles. The summed E-state index contributed by atoms with van der Waals surface area (Å²) in [4.78, 5) is 0. The summed E-state index contributed by atoms with van der Waals surface area (Å²) >= 11 is 0. The first-order valence-electron chi connectivity index (χ1n) is 7.36. The maximum absolute atomic E-state index is 10.4. The van der Waals surface area contributed by atoms with Crippen LogP contribution in [0.4, 0.5) is 5.82 Å². The van der Waals surface area contributed by atoms with Crippen molar-refractivity contribution in [3.8, 4) is 0 Å². The minimum absolute atomic E-state index is 0.292. The molecule has 3 heterocycles. The third kappa shape index (κ3) is 2.33. The third-order valence-corrected chi connectivity index (χ3v) is 3.90. The highest BCUT2D eigenvalue weighted by Crippen LogP contribution is 2.38. The molecule has 2 N–H and O–H groups in total. The number of hydrogen-bond donors (Lipinski definition) is 2. The monoisotopic (exact) mass is 299 g/mol. The molecule has 3 aromatic heterocycles. The fraction of sp³-hybridized carbons (Fsp3) is 0.400. The van der Waals surface area contributed by atoms with E-state index < -0.39 is 5.60 Å². The van der Waals surface area contributed by atoms with E-state index in [4.69, 9.17) is 4.42 Å². The molecule has 1 unspecified atom stereocenters. The lowest BCUT2D eigenvalue weighted by Gasteiger charge is -2.21. The van der Waals surface area contributed by atoms with Crippen LogP contribution in [0.25, 0.3) is 5.65 Å². The lowest BCUT2D eigenvalue weighted by molar-refractivity contribution is 0.0475. The molecule has 0 spiro atoms. The van der Waals surface area contributed by atoms with Gasteiger partial charge in [0.15, 0.2) is 11.5 Å². The Hall–Kier alpha value is -2.41. The van der Waals surface area contributed by atoms with E-state index in [2.05, 4.69) is 20.6 Å². The second kappa shape index (κ2) is 4.81. The molecular weight excluding hydrogens is 282 g/mol. The molecule has 7 nitrogen and oxygen atoms in total. The molecule has 1 aliphatic carbocycles. The van der Waals surface area contributed by atoms with Crippen molar-refractivity contribution < 1.29 is 9.52 Å². The van der Waals surface area contributed by atoms with Gasteiger partial charge in [-0.25, -0.2) is 0 Å². The SMILES string of the molecule is CC(O)(CNc1ccc2nnc(C3CC3)n2n1)c1ccco1. The number of furan rings is 1. The third-order valence-electron chi connectivity index (χ3n) is 3.90. The van der Waals surface area contributed by atoms with Crippen LogP contribution in [0.5, 0.6) is 0 Å². The van der Waals surface area contributed by atoms with Gasteiger partial charge in [-0.15, -0.1) is 15.3 Å². The Morgan fingerprint density at radius 2 is 2.23 bits per heavy atom. The van der Waals surface area contributed by atoms with Crippen LogP contribution >= 0.6 is 0 Å². The number of rotatable bonds is 5. The van der Waals surface area contributed by atoms with Gasteiger partial charge >= 0.3 is 0 Å². The lowest BCUT2D eigenvalue weighted by atomic mass is 10.0. The Labute approximate surface area is 127 Å². The average molecular weight is 299 g/mol. The molecule has 0 aromatic carbocycles. The van der Waals surface area contributed by atoms with E-state index in [9.17, 15) is 5.11 Å². The maximum atomic E-state index is 10.4. The van der Waals surface area contributed by atoms with E-state index in [1.807, 2.05) is 12.1 Å². The Morgan fingerprint density at radius 3 is 2.95 bits per heavy atom. The standard InChI is InChI=1S/C15H17N5O2/c1-15(21,11-3-2-8-22-11)9-16-12-6-7-13-17-18-14(10-4-5-10)20(13)19-12/h2-3,6-8,10,21H,4-5,9H2,1H3,(H,16,19). The number of nitrogens with one attached hydrogen (secondary N) is 1. The van der Waals surface area contributed by atoms with Gasteiger partial charge in [-0.05, 0) is 44.0 Å². The molecule has 1 atom stereocenters. The summed E-state index contributed by atoms with van der Waals surface area (Å²) in [6.45, 7) is 1.99. The number of fused-ring (bicyclic) bond motifs is 1. The first-order chi connectivity index (χ1) is 10.6. The molecule has 0 amide bonds. The Kier molecular flexibility index (Phi) is 2.90. The summed E-state index contributed by atoms with van der Waals surface area (Å²) in [5.41, 5.74) is -0.364. The molecule has 1 fully saturated rings. The van der Waals surface area contributed by atoms with Crippen molar-refractivity contribution in [2.45, 2.75) is 31.3 Å². The minimum atomic E-state index is -1.10. The van der Waals surface area contributed by atoms with E-state index in [1.165, 1.54) is 0 Å². The van der Waals surface area contributed by atoms with Gasteiger partial charge < -0.3 is 14.8 Å². The minimum Gasteiger partial charge on any atom is -0.466 e. The molecule has 114 valence electrons. The second-order valence-electron chi connectivity index (χ2n) is 5.93. The second-order valence-corrected chi connectivity index (χ2v) is 5.93. The highest BCUT2D eigenvalue weighted by molar-refractivity contribution is 5.44. The normalized spacial score (nSPS) is 17.5. The van der Waals surface area contributed by atoms with Gasteiger partial charge in [0.1, 0.15) is 17.2 Å². The van der Waals surface area contributed by atoms with Crippen molar-refractivity contribution in [1.29, 1.82) is 0 Å². The number of hydrogen-bond acceptors (Lipinski definition) is 6. The van der Waals surface area contributed by atoms with Crippen LogP contribution in [0.15, 0.2) is 34.9 Å². The van der Waals surface area contributed by atoms with Gasteiger partial charge in [0.05, 0.1) is 12.8 Å². The molecule has 4 rings (SSSR count). The van der Waals surface area contributed by atoms with Crippen LogP contribution in [0.2, 0.25) is 0 Å². The maximum Gasteiger partial charge on any atom is 0.178 e. The van der Waals surface area contributed by atoms with E-state index >= 15 is 0 Å². The first-order valence-corrected chi connectivity index (χ1v) is 7.36. The van der Waals surface area contributed by atoms with Crippen LogP contribution < -0.4 is 5.32 Å². The summed E-state index contributed by atoms with van der Waals surface area (Å²) < 4.78 is 7.05. The molecule has 0 radical (unpaired) electrons. The predicted octanol–water partition coefficient (Wildman–Crippen LogP) is 1.91. The molecule has 1 saturated carbocycles. The Morgan fingerprint density at radius 1 is 1.36 bits per heavy atom. The van der Waals surface area contributed by atoms with Gasteiger partial charge in [0.25, 0.3) is 0 Å². The van der Waals surface area contributed by atoms with Crippen molar-refractivity contribution in [2.24, 2.45) is 0 Å². The Bertz CT molecular complexity index is 789.